The lowest BCUT2D eigenvalue weighted by Gasteiger charge is -2.05. The van der Waals surface area contributed by atoms with Gasteiger partial charge in [0.1, 0.15) is 12.2 Å². The molecule has 0 aromatic carbocycles. The summed E-state index contributed by atoms with van der Waals surface area (Å²) in [6.07, 6.45) is 8.95. The highest BCUT2D eigenvalue weighted by Crippen LogP contribution is 2.63. The van der Waals surface area contributed by atoms with Crippen molar-refractivity contribution in [2.24, 2.45) is 11.8 Å². The molecular weight excluding hydrogens is 174 g/mol. The fourth-order valence-corrected chi connectivity index (χ4v) is 3.33. The Labute approximate surface area is 83.5 Å². The first-order chi connectivity index (χ1) is 6.95. The third-order valence-corrected chi connectivity index (χ3v) is 4.25. The molecule has 2 atom stereocenters. The minimum absolute atomic E-state index is 0.751. The summed E-state index contributed by atoms with van der Waals surface area (Å²) in [6, 6.07) is 0.751. The monoisotopic (exact) mass is 189 g/mol. The van der Waals surface area contributed by atoms with Gasteiger partial charge in [-0.1, -0.05) is 6.42 Å². The van der Waals surface area contributed by atoms with Crippen LogP contribution in [0.3, 0.4) is 0 Å². The molecular formula is C11H15N3. The van der Waals surface area contributed by atoms with Gasteiger partial charge < -0.3 is 4.57 Å². The Bertz CT molecular complexity index is 356. The predicted octanol–water partition coefficient (Wildman–Crippen LogP) is 2.13. The molecule has 1 aromatic heterocycles. The quantitative estimate of drug-likeness (QED) is 0.713. The summed E-state index contributed by atoms with van der Waals surface area (Å²) in [5.41, 5.74) is 0. The van der Waals surface area contributed by atoms with Crippen LogP contribution in [0.4, 0.5) is 0 Å². The van der Waals surface area contributed by atoms with Crippen molar-refractivity contribution >= 4 is 0 Å². The van der Waals surface area contributed by atoms with Crippen molar-refractivity contribution in [1.82, 2.24) is 14.8 Å². The molecule has 3 nitrogen and oxygen atoms in total. The number of fused-ring (bicyclic) bond motifs is 1. The fourth-order valence-electron chi connectivity index (χ4n) is 3.33. The van der Waals surface area contributed by atoms with Crippen LogP contribution in [-0.4, -0.2) is 14.8 Å². The maximum Gasteiger partial charge on any atom is 0.136 e. The zero-order valence-corrected chi connectivity index (χ0v) is 8.26. The molecule has 3 heteroatoms. The molecule has 0 aliphatic heterocycles. The molecule has 0 spiro atoms. The van der Waals surface area contributed by atoms with Gasteiger partial charge in [-0.05, 0) is 37.5 Å². The second-order valence-corrected chi connectivity index (χ2v) is 5.11. The number of hydrogen-bond donors (Lipinski definition) is 0. The predicted molar refractivity (Wildman–Crippen MR) is 51.9 cm³/mol. The third-order valence-electron chi connectivity index (χ3n) is 4.25. The first-order valence-electron chi connectivity index (χ1n) is 5.84. The van der Waals surface area contributed by atoms with Crippen LogP contribution >= 0.6 is 0 Å². The molecule has 74 valence electrons. The van der Waals surface area contributed by atoms with E-state index < -0.39 is 0 Å². The van der Waals surface area contributed by atoms with Gasteiger partial charge in [0.05, 0.1) is 0 Å². The largest absolute Gasteiger partial charge is 0.314 e. The van der Waals surface area contributed by atoms with E-state index >= 15 is 0 Å². The Kier molecular flexibility index (Phi) is 1.27. The Morgan fingerprint density at radius 1 is 1.14 bits per heavy atom. The first kappa shape index (κ1) is 7.43. The van der Waals surface area contributed by atoms with Gasteiger partial charge in [0.15, 0.2) is 0 Å². The van der Waals surface area contributed by atoms with Crippen LogP contribution in [0.2, 0.25) is 0 Å². The standard InChI is InChI=1S/C11H15N3/c1-2-8-9(3-1)10(8)11-13-12-6-14(11)7-4-5-7/h6-10H,1-5H2. The Morgan fingerprint density at radius 3 is 2.64 bits per heavy atom. The molecule has 3 saturated carbocycles. The molecule has 3 aliphatic rings. The van der Waals surface area contributed by atoms with Crippen LogP contribution in [0.25, 0.3) is 0 Å². The molecule has 4 rings (SSSR count). The van der Waals surface area contributed by atoms with E-state index in [1.165, 1.54) is 37.9 Å². The van der Waals surface area contributed by atoms with Crippen LogP contribution in [0.5, 0.6) is 0 Å². The van der Waals surface area contributed by atoms with E-state index in [9.17, 15) is 0 Å². The molecule has 14 heavy (non-hydrogen) atoms. The van der Waals surface area contributed by atoms with Gasteiger partial charge in [0, 0.05) is 12.0 Å². The van der Waals surface area contributed by atoms with Crippen LogP contribution < -0.4 is 0 Å². The summed E-state index contributed by atoms with van der Waals surface area (Å²) in [5.74, 6) is 4.03. The highest BCUT2D eigenvalue weighted by atomic mass is 15.3. The van der Waals surface area contributed by atoms with Gasteiger partial charge in [-0.3, -0.25) is 0 Å². The van der Waals surface area contributed by atoms with Gasteiger partial charge >= 0.3 is 0 Å². The second kappa shape index (κ2) is 2.38. The molecule has 1 aromatic rings. The Balaban J connectivity index is 1.66. The van der Waals surface area contributed by atoms with Gasteiger partial charge in [-0.25, -0.2) is 0 Å². The summed E-state index contributed by atoms with van der Waals surface area (Å²) in [5, 5.41) is 8.42. The number of rotatable bonds is 2. The molecule has 3 aliphatic carbocycles. The maximum atomic E-state index is 4.33. The fraction of sp³-hybridized carbons (Fsp3) is 0.818. The Hall–Kier alpha value is -0.860. The average molecular weight is 189 g/mol. The molecule has 2 unspecified atom stereocenters. The van der Waals surface area contributed by atoms with Crippen molar-refractivity contribution in [2.75, 3.05) is 0 Å². The van der Waals surface area contributed by atoms with Gasteiger partial charge in [-0.15, -0.1) is 10.2 Å². The number of hydrogen-bond acceptors (Lipinski definition) is 2. The van der Waals surface area contributed by atoms with E-state index in [0.29, 0.717) is 0 Å². The zero-order chi connectivity index (χ0) is 9.12. The summed E-state index contributed by atoms with van der Waals surface area (Å²) in [6.45, 7) is 0. The van der Waals surface area contributed by atoms with Crippen molar-refractivity contribution in [2.45, 2.75) is 44.1 Å². The number of aromatic nitrogens is 3. The van der Waals surface area contributed by atoms with E-state index in [2.05, 4.69) is 14.8 Å². The lowest BCUT2D eigenvalue weighted by atomic mass is 10.1. The molecule has 3 fully saturated rings. The first-order valence-corrected chi connectivity index (χ1v) is 5.84. The van der Waals surface area contributed by atoms with Gasteiger partial charge in [-0.2, -0.15) is 0 Å². The van der Waals surface area contributed by atoms with Crippen molar-refractivity contribution < 1.29 is 0 Å². The van der Waals surface area contributed by atoms with Crippen LogP contribution in [0.15, 0.2) is 6.33 Å². The van der Waals surface area contributed by atoms with Crippen LogP contribution in [0.1, 0.15) is 49.9 Å². The molecule has 0 radical (unpaired) electrons. The summed E-state index contributed by atoms with van der Waals surface area (Å²) in [7, 11) is 0. The summed E-state index contributed by atoms with van der Waals surface area (Å²) in [4.78, 5) is 0. The molecule has 0 amide bonds. The topological polar surface area (TPSA) is 30.7 Å². The van der Waals surface area contributed by atoms with Crippen LogP contribution in [0, 0.1) is 11.8 Å². The van der Waals surface area contributed by atoms with E-state index in [1.807, 2.05) is 6.33 Å². The normalized spacial score (nSPS) is 39.9. The minimum Gasteiger partial charge on any atom is -0.314 e. The van der Waals surface area contributed by atoms with Gasteiger partial charge in [0.25, 0.3) is 0 Å². The second-order valence-electron chi connectivity index (χ2n) is 5.11. The van der Waals surface area contributed by atoms with Crippen molar-refractivity contribution in [3.05, 3.63) is 12.2 Å². The Morgan fingerprint density at radius 2 is 1.93 bits per heavy atom. The van der Waals surface area contributed by atoms with E-state index in [4.69, 9.17) is 0 Å². The maximum absolute atomic E-state index is 4.33. The minimum atomic E-state index is 0.751. The van der Waals surface area contributed by atoms with Crippen LogP contribution in [-0.2, 0) is 0 Å². The van der Waals surface area contributed by atoms with Crippen molar-refractivity contribution in [1.29, 1.82) is 0 Å². The summed E-state index contributed by atoms with van der Waals surface area (Å²) >= 11 is 0. The van der Waals surface area contributed by atoms with E-state index in [0.717, 1.165) is 23.8 Å². The van der Waals surface area contributed by atoms with E-state index in [1.54, 1.807) is 0 Å². The smallest absolute Gasteiger partial charge is 0.136 e. The molecule has 0 N–H and O–H groups in total. The van der Waals surface area contributed by atoms with E-state index in [-0.39, 0.29) is 0 Å². The van der Waals surface area contributed by atoms with Crippen molar-refractivity contribution in [3.63, 3.8) is 0 Å². The van der Waals surface area contributed by atoms with Crippen molar-refractivity contribution in [3.8, 4) is 0 Å². The number of nitrogens with zero attached hydrogens (tertiary/aromatic N) is 3. The van der Waals surface area contributed by atoms with Gasteiger partial charge in [0.2, 0.25) is 0 Å². The molecule has 0 bridgehead atoms. The highest BCUT2D eigenvalue weighted by Gasteiger charge is 2.55. The molecule has 0 saturated heterocycles. The highest BCUT2D eigenvalue weighted by molar-refractivity contribution is 5.19. The summed E-state index contributed by atoms with van der Waals surface area (Å²) < 4.78 is 2.35. The molecule has 1 heterocycles. The lowest BCUT2D eigenvalue weighted by Crippen LogP contribution is -2.01. The average Bonchev–Trinajstić information content (AvgIpc) is 3.06. The third kappa shape index (κ3) is 0.877. The lowest BCUT2D eigenvalue weighted by molar-refractivity contribution is 0.607. The SMILES string of the molecule is c1nnc(C2C3CCCC32)n1C1CC1. The zero-order valence-electron chi connectivity index (χ0n) is 8.26.